The average Bonchev–Trinajstić information content (AvgIpc) is 3.48. The van der Waals surface area contributed by atoms with Gasteiger partial charge in [-0.1, -0.05) is 12.8 Å². The van der Waals surface area contributed by atoms with E-state index in [9.17, 15) is 4.79 Å². The van der Waals surface area contributed by atoms with Crippen molar-refractivity contribution in [2.45, 2.75) is 51.0 Å². The Labute approximate surface area is 185 Å². The summed E-state index contributed by atoms with van der Waals surface area (Å²) in [6, 6.07) is 6.36. The number of hydrogen-bond donors (Lipinski definition) is 0. The van der Waals surface area contributed by atoms with Crippen molar-refractivity contribution in [2.24, 2.45) is 7.05 Å². The summed E-state index contributed by atoms with van der Waals surface area (Å²) in [6.07, 6.45) is 4.65. The maximum Gasteiger partial charge on any atom is 0.264 e. The molecule has 31 heavy (non-hydrogen) atoms. The lowest BCUT2D eigenvalue weighted by atomic mass is 9.71. The minimum absolute atomic E-state index is 0.00557. The standard InChI is InChI=1S/C24H27N3O3S/c1-14-16-11-21(31-23(16)26(3)25-14)22(28)27-13-24(6-4-5-7-24)18-12-20-19(29-8-9-30-20)10-17(18)15(27)2/h10-12,15H,4-9,13H2,1-3H3. The first-order valence-electron chi connectivity index (χ1n) is 11.1. The molecule has 1 unspecified atom stereocenters. The van der Waals surface area contributed by atoms with Gasteiger partial charge in [0.15, 0.2) is 11.5 Å². The molecule has 6 nitrogen and oxygen atoms in total. The number of thiophene rings is 1. The number of benzene rings is 1. The van der Waals surface area contributed by atoms with E-state index in [1.54, 1.807) is 11.3 Å². The maximum atomic E-state index is 13.8. The van der Waals surface area contributed by atoms with Gasteiger partial charge in [-0.05, 0) is 56.0 Å². The van der Waals surface area contributed by atoms with E-state index in [-0.39, 0.29) is 17.4 Å². The second-order valence-electron chi connectivity index (χ2n) is 9.22. The van der Waals surface area contributed by atoms with E-state index in [4.69, 9.17) is 9.47 Å². The topological polar surface area (TPSA) is 56.6 Å². The molecule has 162 valence electrons. The normalized spacial score (nSPS) is 21.6. The van der Waals surface area contributed by atoms with Gasteiger partial charge in [-0.25, -0.2) is 0 Å². The molecule has 1 fully saturated rings. The second-order valence-corrected chi connectivity index (χ2v) is 10.2. The molecule has 2 aliphatic heterocycles. The highest BCUT2D eigenvalue weighted by atomic mass is 32.1. The largest absolute Gasteiger partial charge is 0.486 e. The van der Waals surface area contributed by atoms with Gasteiger partial charge >= 0.3 is 0 Å². The van der Waals surface area contributed by atoms with Gasteiger partial charge in [-0.3, -0.25) is 9.48 Å². The van der Waals surface area contributed by atoms with Crippen molar-refractivity contribution in [1.29, 1.82) is 0 Å². The number of amides is 1. The molecule has 2 aromatic heterocycles. The third-order valence-corrected chi connectivity index (χ3v) is 8.59. The van der Waals surface area contributed by atoms with Crippen molar-refractivity contribution in [2.75, 3.05) is 19.8 Å². The van der Waals surface area contributed by atoms with E-state index in [0.29, 0.717) is 13.2 Å². The summed E-state index contributed by atoms with van der Waals surface area (Å²) in [5, 5.41) is 5.56. The fourth-order valence-corrected chi connectivity index (χ4v) is 6.88. The summed E-state index contributed by atoms with van der Waals surface area (Å²) in [6.45, 7) is 6.09. The summed E-state index contributed by atoms with van der Waals surface area (Å²) in [4.78, 5) is 17.7. The Morgan fingerprint density at radius 1 is 1.16 bits per heavy atom. The molecule has 1 aliphatic carbocycles. The molecule has 3 aliphatic rings. The molecular weight excluding hydrogens is 410 g/mol. The number of ether oxygens (including phenoxy) is 2. The lowest BCUT2D eigenvalue weighted by Crippen LogP contribution is -2.48. The van der Waals surface area contributed by atoms with Crippen LogP contribution in [0.1, 0.15) is 65.1 Å². The molecule has 4 heterocycles. The number of fused-ring (bicyclic) bond motifs is 4. The Morgan fingerprint density at radius 2 is 1.87 bits per heavy atom. The van der Waals surface area contributed by atoms with Crippen molar-refractivity contribution in [1.82, 2.24) is 14.7 Å². The van der Waals surface area contributed by atoms with Crippen LogP contribution in [-0.2, 0) is 12.5 Å². The SMILES string of the molecule is Cc1nn(C)c2sc(C(=O)N3CC4(CCCC4)c4cc5c(cc4C3C)OCCO5)cc12. The number of carbonyl (C=O) groups excluding carboxylic acids is 1. The molecule has 1 atom stereocenters. The number of carbonyl (C=O) groups is 1. The fraction of sp³-hybridized carbons (Fsp3) is 0.500. The molecule has 6 rings (SSSR count). The third-order valence-electron chi connectivity index (χ3n) is 7.40. The molecule has 0 saturated heterocycles. The van der Waals surface area contributed by atoms with Gasteiger partial charge in [-0.15, -0.1) is 11.3 Å². The van der Waals surface area contributed by atoms with Crippen LogP contribution >= 0.6 is 11.3 Å². The van der Waals surface area contributed by atoms with Gasteiger partial charge in [0.2, 0.25) is 0 Å². The van der Waals surface area contributed by atoms with Gasteiger partial charge in [0.25, 0.3) is 5.91 Å². The van der Waals surface area contributed by atoms with Crippen LogP contribution in [0.3, 0.4) is 0 Å². The van der Waals surface area contributed by atoms with Crippen LogP contribution in [0.25, 0.3) is 10.2 Å². The number of aromatic nitrogens is 2. The van der Waals surface area contributed by atoms with Crippen LogP contribution in [-0.4, -0.2) is 40.3 Å². The Morgan fingerprint density at radius 3 is 2.58 bits per heavy atom. The van der Waals surface area contributed by atoms with Gasteiger partial charge in [0.1, 0.15) is 18.0 Å². The molecule has 1 spiro atoms. The van der Waals surface area contributed by atoms with Gasteiger partial charge in [0, 0.05) is 24.4 Å². The minimum Gasteiger partial charge on any atom is -0.486 e. The van der Waals surface area contributed by atoms with Crippen LogP contribution in [0.15, 0.2) is 18.2 Å². The first-order valence-corrected chi connectivity index (χ1v) is 12.0. The molecule has 1 amide bonds. The Hall–Kier alpha value is -2.54. The molecule has 0 radical (unpaired) electrons. The monoisotopic (exact) mass is 437 g/mol. The summed E-state index contributed by atoms with van der Waals surface area (Å²) >= 11 is 1.55. The number of nitrogens with zero attached hydrogens (tertiary/aromatic N) is 3. The zero-order valence-corrected chi connectivity index (χ0v) is 19.1. The maximum absolute atomic E-state index is 13.8. The zero-order chi connectivity index (χ0) is 21.3. The van der Waals surface area contributed by atoms with Crippen molar-refractivity contribution in [3.8, 4) is 11.5 Å². The van der Waals surface area contributed by atoms with Crippen molar-refractivity contribution >= 4 is 27.5 Å². The van der Waals surface area contributed by atoms with Crippen molar-refractivity contribution in [3.05, 3.63) is 39.9 Å². The molecule has 1 aromatic carbocycles. The smallest absolute Gasteiger partial charge is 0.264 e. The van der Waals surface area contributed by atoms with E-state index in [2.05, 4.69) is 29.1 Å². The summed E-state index contributed by atoms with van der Waals surface area (Å²) in [5.41, 5.74) is 3.56. The predicted octanol–water partition coefficient (Wildman–Crippen LogP) is 4.74. The molecule has 0 bridgehead atoms. The average molecular weight is 438 g/mol. The summed E-state index contributed by atoms with van der Waals surface area (Å²) < 4.78 is 13.7. The molecule has 0 N–H and O–H groups in total. The van der Waals surface area contributed by atoms with Gasteiger partial charge in [0.05, 0.1) is 16.6 Å². The lowest BCUT2D eigenvalue weighted by molar-refractivity contribution is 0.0598. The molecule has 3 aromatic rings. The highest BCUT2D eigenvalue weighted by Crippen LogP contribution is 2.52. The minimum atomic E-state index is -0.00557. The highest BCUT2D eigenvalue weighted by Gasteiger charge is 2.46. The van der Waals surface area contributed by atoms with E-state index in [1.807, 2.05) is 24.7 Å². The Balaban J connectivity index is 1.44. The summed E-state index contributed by atoms with van der Waals surface area (Å²) in [7, 11) is 1.94. The molecule has 7 heteroatoms. The van der Waals surface area contributed by atoms with Crippen LogP contribution in [0, 0.1) is 6.92 Å². The van der Waals surface area contributed by atoms with E-state index < -0.39 is 0 Å². The first-order chi connectivity index (χ1) is 15.0. The number of hydrogen-bond acceptors (Lipinski definition) is 5. The van der Waals surface area contributed by atoms with Gasteiger partial charge < -0.3 is 14.4 Å². The Kier molecular flexibility index (Phi) is 4.16. The predicted molar refractivity (Wildman–Crippen MR) is 120 cm³/mol. The van der Waals surface area contributed by atoms with Crippen LogP contribution < -0.4 is 9.47 Å². The molecule has 1 saturated carbocycles. The number of rotatable bonds is 1. The van der Waals surface area contributed by atoms with E-state index >= 15 is 0 Å². The molecular formula is C24H27N3O3S. The number of aryl methyl sites for hydroxylation is 2. The quantitative estimate of drug-likeness (QED) is 0.552. The van der Waals surface area contributed by atoms with Crippen molar-refractivity contribution < 1.29 is 14.3 Å². The van der Waals surface area contributed by atoms with E-state index in [0.717, 1.165) is 51.7 Å². The first kappa shape index (κ1) is 19.2. The Bertz CT molecular complexity index is 1170. The second kappa shape index (κ2) is 6.73. The van der Waals surface area contributed by atoms with Crippen LogP contribution in [0.5, 0.6) is 11.5 Å². The highest BCUT2D eigenvalue weighted by molar-refractivity contribution is 7.20. The van der Waals surface area contributed by atoms with Gasteiger partial charge in [-0.2, -0.15) is 5.10 Å². The lowest BCUT2D eigenvalue weighted by Gasteiger charge is -2.46. The third kappa shape index (κ3) is 2.75. The van der Waals surface area contributed by atoms with Crippen molar-refractivity contribution in [3.63, 3.8) is 0 Å². The van der Waals surface area contributed by atoms with E-state index in [1.165, 1.54) is 24.0 Å². The fourth-order valence-electron chi connectivity index (χ4n) is 5.80. The van der Waals surface area contributed by atoms with Crippen LogP contribution in [0.4, 0.5) is 0 Å². The summed E-state index contributed by atoms with van der Waals surface area (Å²) in [5.74, 6) is 1.79. The van der Waals surface area contributed by atoms with Crippen LogP contribution in [0.2, 0.25) is 0 Å². The zero-order valence-electron chi connectivity index (χ0n) is 18.2.